The van der Waals surface area contributed by atoms with Gasteiger partial charge in [-0.2, -0.15) is 0 Å². The number of H-pyrrole nitrogens is 1. The van der Waals surface area contributed by atoms with E-state index in [2.05, 4.69) is 35.1 Å². The fourth-order valence-electron chi connectivity index (χ4n) is 3.71. The fourth-order valence-corrected chi connectivity index (χ4v) is 3.71. The predicted molar refractivity (Wildman–Crippen MR) is 115 cm³/mol. The number of piperidine rings is 1. The van der Waals surface area contributed by atoms with Crippen LogP contribution in [0.25, 0.3) is 11.2 Å². The van der Waals surface area contributed by atoms with Crippen molar-refractivity contribution in [3.63, 3.8) is 0 Å². The van der Waals surface area contributed by atoms with E-state index in [4.69, 9.17) is 4.74 Å². The average molecular weight is 415 g/mol. The minimum Gasteiger partial charge on any atom is -0.456 e. The number of nitrogens with one attached hydrogen (secondary N) is 2. The van der Waals surface area contributed by atoms with Crippen LogP contribution in [0.5, 0.6) is 11.5 Å². The monoisotopic (exact) mass is 415 g/mol. The number of aromatic amines is 1. The van der Waals surface area contributed by atoms with Crippen LogP contribution in [-0.2, 0) is 0 Å². The molecule has 0 radical (unpaired) electrons. The second-order valence-corrected chi connectivity index (χ2v) is 7.35. The highest BCUT2D eigenvalue weighted by Gasteiger charge is 2.23. The smallest absolute Gasteiger partial charge is 0.251 e. The van der Waals surface area contributed by atoms with Crippen molar-refractivity contribution in [1.29, 1.82) is 0 Å². The van der Waals surface area contributed by atoms with Gasteiger partial charge in [0.1, 0.15) is 23.3 Å². The lowest BCUT2D eigenvalue weighted by Crippen LogP contribution is -2.45. The molecule has 4 aromatic rings. The van der Waals surface area contributed by atoms with Gasteiger partial charge in [-0.25, -0.2) is 15.0 Å². The lowest BCUT2D eigenvalue weighted by molar-refractivity contribution is 0.0931. The number of hydrogen-bond acceptors (Lipinski definition) is 7. The molecule has 0 aliphatic carbocycles. The zero-order valence-electron chi connectivity index (χ0n) is 16.7. The summed E-state index contributed by atoms with van der Waals surface area (Å²) in [5.74, 6) is 2.09. The molecule has 0 spiro atoms. The van der Waals surface area contributed by atoms with E-state index >= 15 is 0 Å². The Balaban J connectivity index is 1.17. The number of carbonyl (C=O) groups is 1. The molecule has 156 valence electrons. The van der Waals surface area contributed by atoms with E-state index in [1.807, 2.05) is 12.1 Å². The maximum absolute atomic E-state index is 12.7. The topological polar surface area (TPSA) is 109 Å². The summed E-state index contributed by atoms with van der Waals surface area (Å²) in [4.78, 5) is 34.8. The van der Waals surface area contributed by atoms with Crippen LogP contribution < -0.4 is 15.0 Å². The summed E-state index contributed by atoms with van der Waals surface area (Å²) >= 11 is 0. The Bertz CT molecular complexity index is 1170. The standard InChI is InChI=1S/C22H21N7O2/c30-22(15-3-5-17(6-4-15)31-18-2-1-9-23-12-18)28-16-7-10-29(11-8-16)21-19-20(25-13-24-19)26-14-27-21/h1-6,9,12-14,16H,7-8,10-11H2,(H,28,30)(H,24,25,26,27). The Morgan fingerprint density at radius 3 is 2.68 bits per heavy atom. The highest BCUT2D eigenvalue weighted by molar-refractivity contribution is 5.94. The molecular weight excluding hydrogens is 394 g/mol. The number of rotatable bonds is 5. The molecule has 9 heteroatoms. The van der Waals surface area contributed by atoms with Crippen molar-refractivity contribution in [3.05, 3.63) is 67.0 Å². The zero-order valence-corrected chi connectivity index (χ0v) is 16.7. The molecule has 31 heavy (non-hydrogen) atoms. The number of amides is 1. The van der Waals surface area contributed by atoms with Gasteiger partial charge in [-0.1, -0.05) is 0 Å². The van der Waals surface area contributed by atoms with Gasteiger partial charge >= 0.3 is 0 Å². The van der Waals surface area contributed by atoms with Crippen LogP contribution in [0.2, 0.25) is 0 Å². The number of pyridine rings is 1. The van der Waals surface area contributed by atoms with Gasteiger partial charge in [-0.05, 0) is 49.2 Å². The Morgan fingerprint density at radius 2 is 1.90 bits per heavy atom. The fraction of sp³-hybridized carbons (Fsp3) is 0.227. The number of fused-ring (bicyclic) bond motifs is 1. The first-order chi connectivity index (χ1) is 15.3. The first kappa shape index (κ1) is 19.0. The first-order valence-electron chi connectivity index (χ1n) is 10.1. The van der Waals surface area contributed by atoms with Crippen molar-refractivity contribution in [1.82, 2.24) is 30.2 Å². The summed E-state index contributed by atoms with van der Waals surface area (Å²) < 4.78 is 5.72. The van der Waals surface area contributed by atoms with Crippen molar-refractivity contribution in [2.75, 3.05) is 18.0 Å². The highest BCUT2D eigenvalue weighted by Crippen LogP contribution is 2.24. The van der Waals surface area contributed by atoms with Gasteiger partial charge < -0.3 is 19.9 Å². The molecule has 1 aliphatic rings. The van der Waals surface area contributed by atoms with Crippen LogP contribution in [0.15, 0.2) is 61.4 Å². The van der Waals surface area contributed by atoms with E-state index < -0.39 is 0 Å². The van der Waals surface area contributed by atoms with Gasteiger partial charge in [0.15, 0.2) is 11.5 Å². The van der Waals surface area contributed by atoms with Gasteiger partial charge in [0.25, 0.3) is 5.91 Å². The molecule has 1 fully saturated rings. The number of carbonyl (C=O) groups excluding carboxylic acids is 1. The Hall–Kier alpha value is -4.01. The zero-order chi connectivity index (χ0) is 21.0. The van der Waals surface area contributed by atoms with E-state index in [1.54, 1.807) is 43.0 Å². The average Bonchev–Trinajstić information content (AvgIpc) is 3.30. The molecule has 0 atom stereocenters. The summed E-state index contributed by atoms with van der Waals surface area (Å²) in [7, 11) is 0. The van der Waals surface area contributed by atoms with Crippen molar-refractivity contribution in [2.24, 2.45) is 0 Å². The number of aromatic nitrogens is 5. The van der Waals surface area contributed by atoms with Crippen molar-refractivity contribution >= 4 is 22.9 Å². The van der Waals surface area contributed by atoms with E-state index in [9.17, 15) is 4.79 Å². The quantitative estimate of drug-likeness (QED) is 0.516. The molecule has 2 N–H and O–H groups in total. The van der Waals surface area contributed by atoms with Crippen LogP contribution in [-0.4, -0.2) is 50.0 Å². The van der Waals surface area contributed by atoms with E-state index in [0.29, 0.717) is 22.7 Å². The van der Waals surface area contributed by atoms with Gasteiger partial charge in [0.2, 0.25) is 0 Å². The Morgan fingerprint density at radius 1 is 1.06 bits per heavy atom. The summed E-state index contributed by atoms with van der Waals surface area (Å²) in [6, 6.07) is 10.9. The summed E-state index contributed by atoms with van der Waals surface area (Å²) in [6.07, 6.45) is 8.18. The summed E-state index contributed by atoms with van der Waals surface area (Å²) in [5.41, 5.74) is 2.12. The molecule has 1 aliphatic heterocycles. The lowest BCUT2D eigenvalue weighted by atomic mass is 10.0. The molecule has 9 nitrogen and oxygen atoms in total. The minimum absolute atomic E-state index is 0.0793. The molecule has 1 amide bonds. The van der Waals surface area contributed by atoms with Crippen LogP contribution in [0.1, 0.15) is 23.2 Å². The first-order valence-corrected chi connectivity index (χ1v) is 10.1. The molecule has 0 saturated carbocycles. The third kappa shape index (κ3) is 4.16. The highest BCUT2D eigenvalue weighted by atomic mass is 16.5. The normalized spacial score (nSPS) is 14.5. The largest absolute Gasteiger partial charge is 0.456 e. The number of imidazole rings is 1. The van der Waals surface area contributed by atoms with Gasteiger partial charge in [0, 0.05) is 30.9 Å². The lowest BCUT2D eigenvalue weighted by Gasteiger charge is -2.33. The molecule has 5 rings (SSSR count). The predicted octanol–water partition coefficient (Wildman–Crippen LogP) is 2.94. The maximum Gasteiger partial charge on any atom is 0.251 e. The van der Waals surface area contributed by atoms with Crippen LogP contribution in [0.4, 0.5) is 5.82 Å². The molecule has 1 saturated heterocycles. The molecule has 0 bridgehead atoms. The van der Waals surface area contributed by atoms with Crippen LogP contribution in [0, 0.1) is 0 Å². The maximum atomic E-state index is 12.7. The number of nitrogens with zero attached hydrogens (tertiary/aromatic N) is 5. The van der Waals surface area contributed by atoms with Gasteiger partial charge in [0.05, 0.1) is 12.5 Å². The third-order valence-electron chi connectivity index (χ3n) is 5.32. The molecule has 3 aromatic heterocycles. The van der Waals surface area contributed by atoms with Crippen molar-refractivity contribution in [3.8, 4) is 11.5 Å². The van der Waals surface area contributed by atoms with Crippen LogP contribution >= 0.6 is 0 Å². The summed E-state index contributed by atoms with van der Waals surface area (Å²) in [5, 5.41) is 3.14. The number of anilines is 1. The van der Waals surface area contributed by atoms with E-state index in [-0.39, 0.29) is 11.9 Å². The second-order valence-electron chi connectivity index (χ2n) is 7.35. The third-order valence-corrected chi connectivity index (χ3v) is 5.32. The van der Waals surface area contributed by atoms with Crippen molar-refractivity contribution < 1.29 is 9.53 Å². The van der Waals surface area contributed by atoms with Crippen LogP contribution in [0.3, 0.4) is 0 Å². The molecule has 1 aromatic carbocycles. The number of hydrogen-bond donors (Lipinski definition) is 2. The summed E-state index contributed by atoms with van der Waals surface area (Å²) in [6.45, 7) is 1.60. The Kier molecular flexibility index (Phi) is 5.14. The van der Waals surface area contributed by atoms with Crippen molar-refractivity contribution in [2.45, 2.75) is 18.9 Å². The Labute approximate surface area is 178 Å². The van der Waals surface area contributed by atoms with Gasteiger partial charge in [-0.3, -0.25) is 9.78 Å². The molecule has 0 unspecified atom stereocenters. The molecule has 4 heterocycles. The minimum atomic E-state index is -0.0793. The van der Waals surface area contributed by atoms with E-state index in [1.165, 1.54) is 6.33 Å². The molecular formula is C22H21N7O2. The number of benzene rings is 1. The van der Waals surface area contributed by atoms with E-state index in [0.717, 1.165) is 37.3 Å². The van der Waals surface area contributed by atoms with Gasteiger partial charge in [-0.15, -0.1) is 0 Å². The number of ether oxygens (including phenoxy) is 1. The SMILES string of the molecule is O=C(NC1CCN(c2ncnc3nc[nH]c23)CC1)c1ccc(Oc2cccnc2)cc1. The second kappa shape index (κ2) is 8.39.